The molecule has 2 aromatic heterocycles. The van der Waals surface area contributed by atoms with E-state index in [1.54, 1.807) is 23.6 Å². The first-order chi connectivity index (χ1) is 17.5. The Morgan fingerprint density at radius 3 is 2.14 bits per heavy atom. The predicted octanol–water partition coefficient (Wildman–Crippen LogP) is 6.79. The molecular weight excluding hydrogens is 473 g/mol. The monoisotopic (exact) mass is 509 g/mol. The van der Waals surface area contributed by atoms with Gasteiger partial charge in [0.15, 0.2) is 0 Å². The Labute approximate surface area is 217 Å². The van der Waals surface area contributed by atoms with Crippen LogP contribution in [0.15, 0.2) is 34.1 Å². The first-order valence-electron chi connectivity index (χ1n) is 12.9. The molecule has 6 nitrogen and oxygen atoms in total. The number of nitriles is 1. The number of fused-ring (bicyclic) bond motifs is 1. The summed E-state index contributed by atoms with van der Waals surface area (Å²) in [6.45, 7) is 7.65. The molecule has 0 aliphatic rings. The molecule has 0 N–H and O–H groups in total. The number of unbranched alkanes of at least 4 members (excludes halogenated alkanes) is 6. The first-order valence-corrected chi connectivity index (χ1v) is 14.1. The molecule has 0 saturated heterocycles. The highest BCUT2D eigenvalue weighted by atomic mass is 32.2. The fraction of sp³-hybridized carbons (Fsp3) is 0.500. The second-order valence-electron chi connectivity index (χ2n) is 9.05. The topological polar surface area (TPSA) is 74.8 Å². The number of nitrogens with zero attached hydrogens (tertiary/aromatic N) is 5. The van der Waals surface area contributed by atoms with E-state index >= 15 is 0 Å². The van der Waals surface area contributed by atoms with Gasteiger partial charge in [-0.3, -0.25) is 4.79 Å². The van der Waals surface area contributed by atoms with E-state index in [0.717, 1.165) is 64.5 Å². The smallest absolute Gasteiger partial charge is 0.269 e. The molecule has 0 unspecified atom stereocenters. The van der Waals surface area contributed by atoms with Gasteiger partial charge in [-0.15, -0.1) is 11.8 Å². The minimum absolute atomic E-state index is 0.289. The van der Waals surface area contributed by atoms with Gasteiger partial charge in [0.2, 0.25) is 5.95 Å². The Bertz CT molecular complexity index is 1250. The maximum absolute atomic E-state index is 14.0. The number of halogens is 1. The summed E-state index contributed by atoms with van der Waals surface area (Å²) in [7, 11) is 0. The first kappa shape index (κ1) is 27.7. The number of hydrogen-bond donors (Lipinski definition) is 0. The van der Waals surface area contributed by atoms with Crippen molar-refractivity contribution in [2.45, 2.75) is 77.2 Å². The molecule has 2 heterocycles. The lowest BCUT2D eigenvalue weighted by Crippen LogP contribution is -2.34. The van der Waals surface area contributed by atoms with Gasteiger partial charge in [0.25, 0.3) is 5.56 Å². The normalized spacial score (nSPS) is 11.1. The lowest BCUT2D eigenvalue weighted by Gasteiger charge is -2.27. The van der Waals surface area contributed by atoms with Crippen LogP contribution in [0.5, 0.6) is 0 Å². The molecule has 0 aliphatic carbocycles. The van der Waals surface area contributed by atoms with Crippen molar-refractivity contribution >= 4 is 28.6 Å². The number of thioether (sulfide) groups is 1. The van der Waals surface area contributed by atoms with Crippen molar-refractivity contribution in [3.05, 3.63) is 51.7 Å². The summed E-state index contributed by atoms with van der Waals surface area (Å²) >= 11 is 1.37. The molecule has 0 radical (unpaired) electrons. The maximum Gasteiger partial charge on any atom is 0.269 e. The van der Waals surface area contributed by atoms with Crippen LogP contribution in [0.3, 0.4) is 0 Å². The number of aromatic nitrogens is 3. The second-order valence-corrected chi connectivity index (χ2v) is 9.85. The van der Waals surface area contributed by atoms with Gasteiger partial charge in [0, 0.05) is 13.1 Å². The third kappa shape index (κ3) is 6.25. The van der Waals surface area contributed by atoms with Crippen LogP contribution in [-0.2, 0) is 0 Å². The van der Waals surface area contributed by atoms with E-state index in [2.05, 4.69) is 29.8 Å². The molecule has 0 bridgehead atoms. The van der Waals surface area contributed by atoms with Gasteiger partial charge in [-0.1, -0.05) is 52.4 Å². The van der Waals surface area contributed by atoms with Crippen LogP contribution in [0.1, 0.15) is 76.5 Å². The van der Waals surface area contributed by atoms with Crippen LogP contribution in [0.4, 0.5) is 10.3 Å². The molecule has 3 aromatic rings. The number of benzene rings is 1. The van der Waals surface area contributed by atoms with Crippen molar-refractivity contribution in [3.63, 3.8) is 0 Å². The highest BCUT2D eigenvalue weighted by Gasteiger charge is 2.23. The van der Waals surface area contributed by atoms with Crippen LogP contribution in [-0.4, -0.2) is 33.9 Å². The van der Waals surface area contributed by atoms with Crippen LogP contribution in [0.2, 0.25) is 0 Å². The maximum atomic E-state index is 14.0. The standard InChI is InChI=1S/C28H36FN5OS/c1-5-7-9-11-17-33(18-12-10-8-6-2)28-32-25-23(19-30)26(36-4)31-20(3)24(25)27(35)34(28)22-15-13-21(29)14-16-22/h13-16H,5-12,17-18H2,1-4H3. The van der Waals surface area contributed by atoms with E-state index in [1.807, 2.05) is 6.26 Å². The minimum atomic E-state index is -0.368. The summed E-state index contributed by atoms with van der Waals surface area (Å²) in [6.07, 6.45) is 10.6. The predicted molar refractivity (Wildman–Crippen MR) is 147 cm³/mol. The van der Waals surface area contributed by atoms with Gasteiger partial charge < -0.3 is 4.90 Å². The lowest BCUT2D eigenvalue weighted by molar-refractivity contribution is 0.596. The Morgan fingerprint density at radius 1 is 1.00 bits per heavy atom. The van der Waals surface area contributed by atoms with Gasteiger partial charge in [0.1, 0.15) is 28.0 Å². The van der Waals surface area contributed by atoms with Crippen molar-refractivity contribution in [1.82, 2.24) is 14.5 Å². The number of pyridine rings is 1. The molecule has 0 atom stereocenters. The van der Waals surface area contributed by atoms with Crippen LogP contribution in [0, 0.1) is 24.1 Å². The number of hydrogen-bond acceptors (Lipinski definition) is 6. The summed E-state index contributed by atoms with van der Waals surface area (Å²) in [5, 5.41) is 10.9. The Morgan fingerprint density at radius 2 is 1.61 bits per heavy atom. The SMILES string of the molecule is CCCCCCN(CCCCCC)c1nc2c(C#N)c(SC)nc(C)c2c(=O)n1-c1ccc(F)cc1. The van der Waals surface area contributed by atoms with Crippen molar-refractivity contribution < 1.29 is 4.39 Å². The molecule has 0 amide bonds. The van der Waals surface area contributed by atoms with Crippen molar-refractivity contribution in [2.75, 3.05) is 24.2 Å². The van der Waals surface area contributed by atoms with Gasteiger partial charge >= 0.3 is 0 Å². The third-order valence-electron chi connectivity index (χ3n) is 6.38. The fourth-order valence-electron chi connectivity index (χ4n) is 4.44. The van der Waals surface area contributed by atoms with Crippen LogP contribution in [0.25, 0.3) is 16.6 Å². The Hall–Kier alpha value is -2.92. The van der Waals surface area contributed by atoms with E-state index < -0.39 is 0 Å². The van der Waals surface area contributed by atoms with Crippen LogP contribution >= 0.6 is 11.8 Å². The summed E-state index contributed by atoms with van der Waals surface area (Å²) in [5.74, 6) is 0.133. The molecule has 0 fully saturated rings. The van der Waals surface area contributed by atoms with Crippen molar-refractivity contribution in [3.8, 4) is 11.8 Å². The van der Waals surface area contributed by atoms with Crippen LogP contribution < -0.4 is 10.5 Å². The zero-order valence-corrected chi connectivity index (χ0v) is 22.6. The zero-order chi connectivity index (χ0) is 26.1. The average Bonchev–Trinajstić information content (AvgIpc) is 2.88. The summed E-state index contributed by atoms with van der Waals surface area (Å²) in [6, 6.07) is 8.14. The van der Waals surface area contributed by atoms with Gasteiger partial charge in [-0.2, -0.15) is 5.26 Å². The molecule has 0 saturated carbocycles. The minimum Gasteiger partial charge on any atom is -0.342 e. The van der Waals surface area contributed by atoms with E-state index in [-0.39, 0.29) is 11.4 Å². The molecule has 8 heteroatoms. The van der Waals surface area contributed by atoms with Gasteiger partial charge in [0.05, 0.1) is 16.8 Å². The zero-order valence-electron chi connectivity index (χ0n) is 21.8. The molecule has 36 heavy (non-hydrogen) atoms. The Balaban J connectivity index is 2.27. The highest BCUT2D eigenvalue weighted by Crippen LogP contribution is 2.28. The molecule has 3 rings (SSSR count). The van der Waals surface area contributed by atoms with Gasteiger partial charge in [-0.25, -0.2) is 18.9 Å². The molecule has 192 valence electrons. The summed E-state index contributed by atoms with van der Waals surface area (Å²) in [4.78, 5) is 25.7. The van der Waals surface area contributed by atoms with Crippen molar-refractivity contribution in [2.24, 2.45) is 0 Å². The lowest BCUT2D eigenvalue weighted by atomic mass is 10.1. The highest BCUT2D eigenvalue weighted by molar-refractivity contribution is 7.98. The van der Waals surface area contributed by atoms with E-state index in [4.69, 9.17) is 4.98 Å². The third-order valence-corrected chi connectivity index (χ3v) is 7.07. The summed E-state index contributed by atoms with van der Waals surface area (Å²) < 4.78 is 15.3. The average molecular weight is 510 g/mol. The quantitative estimate of drug-likeness (QED) is 0.187. The van der Waals surface area contributed by atoms with E-state index in [1.165, 1.54) is 23.9 Å². The second kappa shape index (κ2) is 13.4. The fourth-order valence-corrected chi connectivity index (χ4v) is 5.01. The molecule has 0 aliphatic heterocycles. The number of rotatable bonds is 13. The van der Waals surface area contributed by atoms with E-state index in [0.29, 0.717) is 38.8 Å². The summed E-state index contributed by atoms with van der Waals surface area (Å²) in [5.41, 5.74) is 1.50. The van der Waals surface area contributed by atoms with Crippen molar-refractivity contribution in [1.29, 1.82) is 5.26 Å². The Kier molecular flexibility index (Phi) is 10.3. The molecule has 1 aromatic carbocycles. The molecule has 0 spiro atoms. The largest absolute Gasteiger partial charge is 0.342 e. The van der Waals surface area contributed by atoms with Gasteiger partial charge in [-0.05, 0) is 50.3 Å². The molecular formula is C28H36FN5OS. The number of anilines is 1. The van der Waals surface area contributed by atoms with E-state index in [9.17, 15) is 14.4 Å². The number of aryl methyl sites for hydroxylation is 1.